The highest BCUT2D eigenvalue weighted by Gasteiger charge is 2.20. The van der Waals surface area contributed by atoms with Crippen LogP contribution in [0.1, 0.15) is 39.9 Å². The number of aromatic carboxylic acids is 1. The van der Waals surface area contributed by atoms with E-state index < -0.39 is 5.97 Å². The molecule has 2 N–H and O–H groups in total. The number of carboxylic acids is 1. The van der Waals surface area contributed by atoms with Crippen molar-refractivity contribution in [1.29, 1.82) is 0 Å². The van der Waals surface area contributed by atoms with Crippen LogP contribution in [0, 0.1) is 6.92 Å². The van der Waals surface area contributed by atoms with Gasteiger partial charge in [0.05, 0.1) is 28.9 Å². The van der Waals surface area contributed by atoms with Crippen molar-refractivity contribution in [2.75, 3.05) is 0 Å². The van der Waals surface area contributed by atoms with Crippen molar-refractivity contribution < 1.29 is 19.4 Å². The molecule has 0 aliphatic carbocycles. The Labute approximate surface area is 203 Å². The number of imidazole rings is 1. The van der Waals surface area contributed by atoms with Crippen LogP contribution in [0.15, 0.2) is 57.4 Å². The van der Waals surface area contributed by atoms with E-state index in [9.17, 15) is 15.0 Å². The third-order valence-electron chi connectivity index (χ3n) is 5.94. The molecule has 0 bridgehead atoms. The van der Waals surface area contributed by atoms with Crippen molar-refractivity contribution in [2.24, 2.45) is 0 Å². The second-order valence-electron chi connectivity index (χ2n) is 8.15. The summed E-state index contributed by atoms with van der Waals surface area (Å²) >= 11 is 3.63. The lowest BCUT2D eigenvalue weighted by Gasteiger charge is -2.09. The Kier molecular flexibility index (Phi) is 5.71. The SMILES string of the molecule is CCc1nc2c(C)cc(CO)nc2n1Cc1ccc2oc(-c3ccccc3C(=O)O)c(Br)c2c1. The Bertz CT molecular complexity index is 1570. The maximum absolute atomic E-state index is 11.7. The molecule has 7 nitrogen and oxygen atoms in total. The number of pyridine rings is 1. The van der Waals surface area contributed by atoms with Gasteiger partial charge in [-0.1, -0.05) is 31.2 Å². The third-order valence-corrected chi connectivity index (χ3v) is 6.73. The van der Waals surface area contributed by atoms with Gasteiger partial charge in [0.25, 0.3) is 0 Å². The minimum atomic E-state index is -1.01. The van der Waals surface area contributed by atoms with Gasteiger partial charge in [-0.3, -0.25) is 0 Å². The van der Waals surface area contributed by atoms with E-state index in [0.29, 0.717) is 33.6 Å². The van der Waals surface area contributed by atoms with Crippen LogP contribution < -0.4 is 0 Å². The second-order valence-corrected chi connectivity index (χ2v) is 8.95. The fraction of sp³-hybridized carbons (Fsp3) is 0.192. The van der Waals surface area contributed by atoms with Crippen LogP contribution in [0.2, 0.25) is 0 Å². The van der Waals surface area contributed by atoms with E-state index in [4.69, 9.17) is 9.40 Å². The van der Waals surface area contributed by atoms with Gasteiger partial charge in [-0.15, -0.1) is 0 Å². The summed E-state index contributed by atoms with van der Waals surface area (Å²) in [6.45, 7) is 4.46. The molecule has 0 spiro atoms. The van der Waals surface area contributed by atoms with Gasteiger partial charge in [0.15, 0.2) is 5.65 Å². The van der Waals surface area contributed by atoms with Gasteiger partial charge in [-0.2, -0.15) is 0 Å². The molecule has 0 amide bonds. The largest absolute Gasteiger partial charge is 0.478 e. The Morgan fingerprint density at radius 3 is 2.68 bits per heavy atom. The number of rotatable bonds is 6. The smallest absolute Gasteiger partial charge is 0.336 e. The summed E-state index contributed by atoms with van der Waals surface area (Å²) in [4.78, 5) is 21.1. The molecule has 0 aliphatic heterocycles. The molecule has 0 saturated carbocycles. The maximum atomic E-state index is 11.7. The van der Waals surface area contributed by atoms with Gasteiger partial charge in [-0.05, 0) is 58.2 Å². The fourth-order valence-electron chi connectivity index (χ4n) is 4.31. The van der Waals surface area contributed by atoms with Crippen LogP contribution in [0.25, 0.3) is 33.5 Å². The van der Waals surface area contributed by atoms with E-state index in [-0.39, 0.29) is 12.2 Å². The number of fused-ring (bicyclic) bond motifs is 2. The van der Waals surface area contributed by atoms with Gasteiger partial charge in [-0.25, -0.2) is 14.8 Å². The zero-order valence-electron chi connectivity index (χ0n) is 18.7. The van der Waals surface area contributed by atoms with Crippen LogP contribution >= 0.6 is 15.9 Å². The van der Waals surface area contributed by atoms with Gasteiger partial charge in [0.2, 0.25) is 0 Å². The normalized spacial score (nSPS) is 11.5. The van der Waals surface area contributed by atoms with E-state index in [2.05, 4.69) is 32.4 Å². The van der Waals surface area contributed by atoms with Crippen molar-refractivity contribution in [1.82, 2.24) is 14.5 Å². The van der Waals surface area contributed by atoms with Gasteiger partial charge < -0.3 is 19.2 Å². The predicted molar refractivity (Wildman–Crippen MR) is 133 cm³/mol. The topological polar surface area (TPSA) is 101 Å². The molecule has 172 valence electrons. The van der Waals surface area contributed by atoms with Crippen molar-refractivity contribution in [3.63, 3.8) is 0 Å². The molecule has 34 heavy (non-hydrogen) atoms. The number of benzene rings is 2. The number of hydrogen-bond acceptors (Lipinski definition) is 5. The first-order valence-corrected chi connectivity index (χ1v) is 11.7. The Morgan fingerprint density at radius 1 is 1.15 bits per heavy atom. The Morgan fingerprint density at radius 2 is 1.94 bits per heavy atom. The molecule has 0 radical (unpaired) electrons. The van der Waals surface area contributed by atoms with Crippen molar-refractivity contribution >= 4 is 44.0 Å². The van der Waals surface area contributed by atoms with Crippen LogP contribution in [0.3, 0.4) is 0 Å². The molecule has 3 heterocycles. The molecule has 5 rings (SSSR count). The summed E-state index contributed by atoms with van der Waals surface area (Å²) in [6.07, 6.45) is 0.748. The summed E-state index contributed by atoms with van der Waals surface area (Å²) in [5, 5.41) is 20.1. The number of carbonyl (C=O) groups is 1. The lowest BCUT2D eigenvalue weighted by molar-refractivity contribution is 0.0697. The standard InChI is InChI=1S/C26H22BrN3O4/c1-3-21-29-23-14(2)10-16(13-31)28-25(23)30(21)12-15-8-9-20-19(11-15)22(27)24(34-20)17-6-4-5-7-18(17)26(32)33/h4-11,31H,3,12-13H2,1-2H3,(H,32,33). The molecule has 3 aromatic heterocycles. The molecular weight excluding hydrogens is 498 g/mol. The number of aliphatic hydroxyl groups excluding tert-OH is 1. The van der Waals surface area contributed by atoms with Gasteiger partial charge in [0.1, 0.15) is 22.7 Å². The van der Waals surface area contributed by atoms with E-state index in [1.807, 2.05) is 31.2 Å². The zero-order valence-corrected chi connectivity index (χ0v) is 20.3. The highest BCUT2D eigenvalue weighted by Crippen LogP contribution is 2.39. The minimum Gasteiger partial charge on any atom is -0.478 e. The first kappa shape index (κ1) is 22.3. The van der Waals surface area contributed by atoms with Crippen molar-refractivity contribution in [2.45, 2.75) is 33.4 Å². The first-order chi connectivity index (χ1) is 16.4. The van der Waals surface area contributed by atoms with Gasteiger partial charge >= 0.3 is 5.97 Å². The highest BCUT2D eigenvalue weighted by molar-refractivity contribution is 9.10. The molecule has 0 aliphatic rings. The van der Waals surface area contributed by atoms with Crippen LogP contribution in [0.5, 0.6) is 0 Å². The quantitative estimate of drug-likeness (QED) is 0.297. The number of hydrogen-bond donors (Lipinski definition) is 2. The fourth-order valence-corrected chi connectivity index (χ4v) is 4.91. The molecule has 0 unspecified atom stereocenters. The first-order valence-electron chi connectivity index (χ1n) is 10.9. The van der Waals surface area contributed by atoms with E-state index >= 15 is 0 Å². The monoisotopic (exact) mass is 519 g/mol. The summed E-state index contributed by atoms with van der Waals surface area (Å²) < 4.78 is 8.85. The van der Waals surface area contributed by atoms with Gasteiger partial charge in [0, 0.05) is 17.4 Å². The number of nitrogens with zero attached hydrogens (tertiary/aromatic N) is 3. The van der Waals surface area contributed by atoms with E-state index in [0.717, 1.165) is 39.9 Å². The van der Waals surface area contributed by atoms with Crippen molar-refractivity contribution in [3.8, 4) is 11.3 Å². The summed E-state index contributed by atoms with van der Waals surface area (Å²) in [6, 6.07) is 14.6. The van der Waals surface area contributed by atoms with Crippen LogP contribution in [-0.2, 0) is 19.6 Å². The average Bonchev–Trinajstić information content (AvgIpc) is 3.36. The zero-order chi connectivity index (χ0) is 24.0. The Hall–Kier alpha value is -3.49. The number of halogens is 1. The molecule has 0 atom stereocenters. The van der Waals surface area contributed by atoms with Crippen LogP contribution in [0.4, 0.5) is 0 Å². The third kappa shape index (κ3) is 3.69. The van der Waals surface area contributed by atoms with Crippen molar-refractivity contribution in [3.05, 3.63) is 81.2 Å². The van der Waals surface area contributed by atoms with Crippen LogP contribution in [-0.4, -0.2) is 30.7 Å². The number of carboxylic acid groups (broad SMARTS) is 1. The lowest BCUT2D eigenvalue weighted by atomic mass is 10.0. The predicted octanol–water partition coefficient (Wildman–Crippen LogP) is 5.72. The van der Waals surface area contributed by atoms with E-state index in [1.165, 1.54) is 0 Å². The summed E-state index contributed by atoms with van der Waals surface area (Å²) in [5.41, 5.74) is 5.57. The molecule has 0 saturated heterocycles. The number of aliphatic hydroxyl groups is 1. The number of aromatic nitrogens is 3. The molecule has 0 fully saturated rings. The van der Waals surface area contributed by atoms with E-state index in [1.54, 1.807) is 24.3 Å². The average molecular weight is 520 g/mol. The summed E-state index contributed by atoms with van der Waals surface area (Å²) in [5.74, 6) is 0.397. The Balaban J connectivity index is 1.61. The second kappa shape index (κ2) is 8.70. The number of aryl methyl sites for hydroxylation is 2. The lowest BCUT2D eigenvalue weighted by Crippen LogP contribution is -2.06. The molecule has 5 aromatic rings. The summed E-state index contributed by atoms with van der Waals surface area (Å²) in [7, 11) is 0. The highest BCUT2D eigenvalue weighted by atomic mass is 79.9. The molecule has 2 aromatic carbocycles. The molecular formula is C26H22BrN3O4. The number of furan rings is 1. The molecule has 8 heteroatoms. The maximum Gasteiger partial charge on any atom is 0.336 e. The minimum absolute atomic E-state index is 0.127.